The third-order valence-corrected chi connectivity index (χ3v) is 5.56. The minimum Gasteiger partial charge on any atom is -0.468 e. The maximum atomic E-state index is 12.7. The summed E-state index contributed by atoms with van der Waals surface area (Å²) in [5.74, 6) is -0.00980. The van der Waals surface area contributed by atoms with Crippen LogP contribution in [-0.2, 0) is 24.3 Å². The first-order valence-electron chi connectivity index (χ1n) is 9.48. The third-order valence-electron chi connectivity index (χ3n) is 4.08. The van der Waals surface area contributed by atoms with Gasteiger partial charge < -0.3 is 19.2 Å². The van der Waals surface area contributed by atoms with Crippen molar-refractivity contribution in [2.75, 3.05) is 19.8 Å². The van der Waals surface area contributed by atoms with Crippen molar-refractivity contribution >= 4 is 15.9 Å². The van der Waals surface area contributed by atoms with E-state index in [2.05, 4.69) is 10.0 Å². The van der Waals surface area contributed by atoms with Gasteiger partial charge in [-0.15, -0.1) is 0 Å². The second-order valence-electron chi connectivity index (χ2n) is 6.35. The van der Waals surface area contributed by atoms with E-state index in [4.69, 9.17) is 13.9 Å². The van der Waals surface area contributed by atoms with Crippen molar-refractivity contribution in [3.63, 3.8) is 0 Å². The fraction of sp³-hybridized carbons (Fsp3) is 0.450. The van der Waals surface area contributed by atoms with E-state index in [-0.39, 0.29) is 23.8 Å². The molecule has 1 aromatic carbocycles. The number of amides is 1. The number of hydrogen-bond donors (Lipinski definition) is 2. The van der Waals surface area contributed by atoms with Crippen LogP contribution >= 0.6 is 0 Å². The maximum absolute atomic E-state index is 12.7. The number of furan rings is 1. The lowest BCUT2D eigenvalue weighted by Crippen LogP contribution is -2.38. The largest absolute Gasteiger partial charge is 0.468 e. The number of rotatable bonds is 12. The lowest BCUT2D eigenvalue weighted by Gasteiger charge is -2.19. The Hall–Kier alpha value is -2.20. The SMILES string of the molecule is CCOC(CNC(=O)CC(NS(=O)(=O)c1ccc(C)cc1)c1ccco1)OCC. The molecule has 2 rings (SSSR count). The predicted molar refractivity (Wildman–Crippen MR) is 108 cm³/mol. The molecule has 0 aliphatic rings. The van der Waals surface area contributed by atoms with Gasteiger partial charge in [0, 0.05) is 13.2 Å². The quantitative estimate of drug-likeness (QED) is 0.507. The molecule has 1 heterocycles. The van der Waals surface area contributed by atoms with Crippen LogP contribution in [0.15, 0.2) is 52.0 Å². The Balaban J connectivity index is 2.07. The smallest absolute Gasteiger partial charge is 0.241 e. The topological polar surface area (TPSA) is 107 Å². The number of aryl methyl sites for hydroxylation is 1. The molecule has 9 heteroatoms. The van der Waals surface area contributed by atoms with Crippen molar-refractivity contribution in [1.82, 2.24) is 10.0 Å². The highest BCUT2D eigenvalue weighted by atomic mass is 32.2. The summed E-state index contributed by atoms with van der Waals surface area (Å²) < 4.78 is 44.2. The van der Waals surface area contributed by atoms with Gasteiger partial charge in [0.2, 0.25) is 15.9 Å². The van der Waals surface area contributed by atoms with Crippen molar-refractivity contribution in [2.24, 2.45) is 0 Å². The van der Waals surface area contributed by atoms with Gasteiger partial charge in [0.15, 0.2) is 6.29 Å². The van der Waals surface area contributed by atoms with E-state index in [0.29, 0.717) is 19.0 Å². The summed E-state index contributed by atoms with van der Waals surface area (Å²) in [6.07, 6.45) is 0.741. The first-order chi connectivity index (χ1) is 13.9. The van der Waals surface area contributed by atoms with Crippen LogP contribution in [0.3, 0.4) is 0 Å². The van der Waals surface area contributed by atoms with Crippen molar-refractivity contribution in [3.8, 4) is 0 Å². The highest BCUT2D eigenvalue weighted by molar-refractivity contribution is 7.89. The summed E-state index contributed by atoms with van der Waals surface area (Å²) in [6.45, 7) is 6.60. The van der Waals surface area contributed by atoms with Gasteiger partial charge in [-0.05, 0) is 45.0 Å². The van der Waals surface area contributed by atoms with Crippen LogP contribution in [-0.4, -0.2) is 40.4 Å². The van der Waals surface area contributed by atoms with E-state index in [1.165, 1.54) is 18.4 Å². The van der Waals surface area contributed by atoms with Crippen molar-refractivity contribution in [3.05, 3.63) is 54.0 Å². The highest BCUT2D eigenvalue weighted by Gasteiger charge is 2.26. The Labute approximate surface area is 171 Å². The summed E-state index contributed by atoms with van der Waals surface area (Å²) in [5.41, 5.74) is 0.948. The molecule has 0 radical (unpaired) electrons. The molecule has 1 unspecified atom stereocenters. The number of carbonyl (C=O) groups is 1. The van der Waals surface area contributed by atoms with Crippen molar-refractivity contribution in [1.29, 1.82) is 0 Å². The van der Waals surface area contributed by atoms with Gasteiger partial charge in [0.1, 0.15) is 5.76 Å². The molecule has 0 spiro atoms. The summed E-state index contributed by atoms with van der Waals surface area (Å²) in [7, 11) is -3.84. The Kier molecular flexibility index (Phi) is 8.84. The molecule has 0 aliphatic heterocycles. The minimum atomic E-state index is -3.84. The predicted octanol–water partition coefficient (Wildman–Crippen LogP) is 2.51. The summed E-state index contributed by atoms with van der Waals surface area (Å²) in [5, 5.41) is 2.71. The van der Waals surface area contributed by atoms with Crippen LogP contribution < -0.4 is 10.0 Å². The van der Waals surface area contributed by atoms with Gasteiger partial charge >= 0.3 is 0 Å². The minimum absolute atomic E-state index is 0.118. The van der Waals surface area contributed by atoms with Gasteiger partial charge in [-0.1, -0.05) is 17.7 Å². The first-order valence-corrected chi connectivity index (χ1v) is 11.0. The Morgan fingerprint density at radius 3 is 2.31 bits per heavy atom. The van der Waals surface area contributed by atoms with Crippen LogP contribution in [0.2, 0.25) is 0 Å². The molecule has 1 atom stereocenters. The van der Waals surface area contributed by atoms with Crippen LogP contribution in [0, 0.1) is 6.92 Å². The molecule has 8 nitrogen and oxygen atoms in total. The van der Waals surface area contributed by atoms with Crippen LogP contribution in [0.5, 0.6) is 0 Å². The fourth-order valence-electron chi connectivity index (χ4n) is 2.66. The lowest BCUT2D eigenvalue weighted by atomic mass is 10.1. The molecule has 160 valence electrons. The average molecular weight is 425 g/mol. The molecular weight excluding hydrogens is 396 g/mol. The van der Waals surface area contributed by atoms with E-state index in [0.717, 1.165) is 5.56 Å². The Morgan fingerprint density at radius 1 is 1.10 bits per heavy atom. The molecule has 2 aromatic rings. The monoisotopic (exact) mass is 424 g/mol. The number of sulfonamides is 1. The standard InChI is InChI=1S/C20H28N2O6S/c1-4-26-20(27-5-2)14-21-19(23)13-17(18-7-6-12-28-18)22-29(24,25)16-10-8-15(3)9-11-16/h6-12,17,20,22H,4-5,13-14H2,1-3H3,(H,21,23). The molecule has 0 fully saturated rings. The van der Waals surface area contributed by atoms with Crippen LogP contribution in [0.4, 0.5) is 0 Å². The molecule has 0 bridgehead atoms. The second kappa shape index (κ2) is 11.1. The zero-order valence-corrected chi connectivity index (χ0v) is 17.7. The van der Waals surface area contributed by atoms with Crippen LogP contribution in [0.1, 0.15) is 37.6 Å². The van der Waals surface area contributed by atoms with Gasteiger partial charge in [-0.3, -0.25) is 4.79 Å². The molecule has 1 aromatic heterocycles. The molecule has 2 N–H and O–H groups in total. The normalized spacial score (nSPS) is 12.8. The first kappa shape index (κ1) is 23.1. The van der Waals surface area contributed by atoms with E-state index in [1.807, 2.05) is 20.8 Å². The Bertz CT molecular complexity index is 844. The number of nitrogens with one attached hydrogen (secondary N) is 2. The fourth-order valence-corrected chi connectivity index (χ4v) is 3.86. The summed E-state index contributed by atoms with van der Waals surface area (Å²) in [6, 6.07) is 8.88. The average Bonchev–Trinajstić information content (AvgIpc) is 3.21. The van der Waals surface area contributed by atoms with E-state index in [1.54, 1.807) is 24.3 Å². The van der Waals surface area contributed by atoms with Crippen molar-refractivity contribution < 1.29 is 27.1 Å². The zero-order valence-electron chi connectivity index (χ0n) is 16.9. The number of benzene rings is 1. The number of ether oxygens (including phenoxy) is 2. The van der Waals surface area contributed by atoms with E-state index in [9.17, 15) is 13.2 Å². The molecule has 1 amide bonds. The second-order valence-corrected chi connectivity index (χ2v) is 8.06. The third kappa shape index (κ3) is 7.28. The summed E-state index contributed by atoms with van der Waals surface area (Å²) in [4.78, 5) is 12.5. The lowest BCUT2D eigenvalue weighted by molar-refractivity contribution is -0.140. The molecule has 29 heavy (non-hydrogen) atoms. The summed E-state index contributed by atoms with van der Waals surface area (Å²) >= 11 is 0. The number of carbonyl (C=O) groups excluding carboxylic acids is 1. The van der Waals surface area contributed by atoms with Crippen LogP contribution in [0.25, 0.3) is 0 Å². The molecule has 0 saturated carbocycles. The molecule has 0 aliphatic carbocycles. The van der Waals surface area contributed by atoms with Gasteiger partial charge in [-0.2, -0.15) is 4.72 Å². The van der Waals surface area contributed by atoms with Gasteiger partial charge in [0.05, 0.1) is 30.2 Å². The Morgan fingerprint density at radius 2 is 1.76 bits per heavy atom. The maximum Gasteiger partial charge on any atom is 0.241 e. The molecule has 0 saturated heterocycles. The molecular formula is C20H28N2O6S. The number of hydrogen-bond acceptors (Lipinski definition) is 6. The van der Waals surface area contributed by atoms with E-state index >= 15 is 0 Å². The van der Waals surface area contributed by atoms with Crippen molar-refractivity contribution in [2.45, 2.75) is 44.4 Å². The van der Waals surface area contributed by atoms with Gasteiger partial charge in [-0.25, -0.2) is 8.42 Å². The highest BCUT2D eigenvalue weighted by Crippen LogP contribution is 2.21. The van der Waals surface area contributed by atoms with E-state index < -0.39 is 22.4 Å². The van der Waals surface area contributed by atoms with Gasteiger partial charge in [0.25, 0.3) is 0 Å². The zero-order chi connectivity index (χ0) is 21.3.